The van der Waals surface area contributed by atoms with Gasteiger partial charge in [0.2, 0.25) is 0 Å². The van der Waals surface area contributed by atoms with Crippen LogP contribution in [0.5, 0.6) is 0 Å². The lowest BCUT2D eigenvalue weighted by atomic mass is 10.6. The monoisotopic (exact) mass is 174 g/mol. The van der Waals surface area contributed by atoms with Gasteiger partial charge in [-0.2, -0.15) is 0 Å². The zero-order chi connectivity index (χ0) is 8.69. The van der Waals surface area contributed by atoms with Gasteiger partial charge in [0.15, 0.2) is 6.29 Å². The van der Waals surface area contributed by atoms with Crippen molar-refractivity contribution in [1.29, 1.82) is 0 Å². The summed E-state index contributed by atoms with van der Waals surface area (Å²) >= 11 is 1.25. The molecule has 0 unspecified atom stereocenters. The Labute approximate surface area is 69.0 Å². The lowest BCUT2D eigenvalue weighted by Crippen LogP contribution is -1.87. The van der Waals surface area contributed by atoms with Crippen molar-refractivity contribution in [3.63, 3.8) is 0 Å². The number of thiazole rings is 1. The smallest absolute Gasteiger partial charge is 0.163 e. The van der Waals surface area contributed by atoms with Gasteiger partial charge in [-0.1, -0.05) is 0 Å². The summed E-state index contributed by atoms with van der Waals surface area (Å²) in [7, 11) is 3.25. The minimum Gasteiger partial charge on any atom is -0.388 e. The maximum absolute atomic E-state index is 9.98. The van der Waals surface area contributed by atoms with Gasteiger partial charge >= 0.3 is 0 Å². The van der Waals surface area contributed by atoms with Crippen molar-refractivity contribution in [2.24, 2.45) is 0 Å². The van der Waals surface area contributed by atoms with Crippen molar-refractivity contribution >= 4 is 23.4 Å². The first-order valence-electron chi connectivity index (χ1n) is 2.80. The third-order valence-corrected chi connectivity index (χ3v) is 1.50. The molecule has 1 rings (SSSR count). The topological polar surface area (TPSA) is 65.2 Å². The van der Waals surface area contributed by atoms with Crippen LogP contribution < -0.4 is 5.73 Å². The maximum atomic E-state index is 9.98. The van der Waals surface area contributed by atoms with E-state index in [2.05, 4.69) is 9.72 Å². The Morgan fingerprint density at radius 1 is 1.73 bits per heavy atom. The highest BCUT2D eigenvalue weighted by Crippen LogP contribution is 2.10. The normalized spacial score (nSPS) is 8.18. The number of hydrogen-bond acceptors (Lipinski definition) is 5. The summed E-state index contributed by atoms with van der Waals surface area (Å²) < 4.78 is 4.25. The molecule has 1 aromatic rings. The summed E-state index contributed by atoms with van der Waals surface area (Å²) in [6.07, 6.45) is 0.701. The van der Waals surface area contributed by atoms with E-state index in [4.69, 9.17) is 5.73 Å². The minimum absolute atomic E-state index is 0.324. The van der Waals surface area contributed by atoms with Crippen LogP contribution in [0, 0.1) is 0 Å². The van der Waals surface area contributed by atoms with E-state index in [0.29, 0.717) is 17.0 Å². The zero-order valence-corrected chi connectivity index (χ0v) is 7.22. The van der Waals surface area contributed by atoms with Crippen LogP contribution in [0.15, 0.2) is 5.51 Å². The number of carbonyl (C=O) groups is 1. The molecule has 0 spiro atoms. The molecule has 0 fully saturated rings. The van der Waals surface area contributed by atoms with Gasteiger partial charge in [0.1, 0.15) is 10.7 Å². The van der Waals surface area contributed by atoms with E-state index in [0.717, 1.165) is 0 Å². The summed E-state index contributed by atoms with van der Waals surface area (Å²) in [5, 5.41) is 0. The van der Waals surface area contributed by atoms with Crippen molar-refractivity contribution < 1.29 is 9.53 Å². The van der Waals surface area contributed by atoms with Crippen LogP contribution in [0.1, 0.15) is 9.67 Å². The third kappa shape index (κ3) is 3.69. The average Bonchev–Trinajstić information content (AvgIpc) is 2.36. The van der Waals surface area contributed by atoms with Gasteiger partial charge in [0.05, 0.1) is 5.51 Å². The van der Waals surface area contributed by atoms with Crippen LogP contribution in [0.4, 0.5) is 5.82 Å². The fraction of sp³-hybridized carbons (Fsp3) is 0.333. The molecule has 2 N–H and O–H groups in total. The van der Waals surface area contributed by atoms with E-state index in [-0.39, 0.29) is 0 Å². The molecule has 5 heteroatoms. The fourth-order valence-corrected chi connectivity index (χ4v) is 0.861. The molecule has 1 heterocycles. The van der Waals surface area contributed by atoms with E-state index < -0.39 is 0 Å². The van der Waals surface area contributed by atoms with E-state index in [1.54, 1.807) is 19.7 Å². The Balaban J connectivity index is 0.000000292. The lowest BCUT2D eigenvalue weighted by molar-refractivity contribution is 0.112. The quantitative estimate of drug-likeness (QED) is 0.639. The SMILES string of the molecule is COC.Nc1ncsc1C=O. The van der Waals surface area contributed by atoms with Crippen molar-refractivity contribution in [1.82, 2.24) is 4.98 Å². The number of aromatic nitrogens is 1. The van der Waals surface area contributed by atoms with Crippen LogP contribution in [-0.4, -0.2) is 25.5 Å². The predicted molar refractivity (Wildman–Crippen MR) is 44.8 cm³/mol. The minimum atomic E-state index is 0.324. The van der Waals surface area contributed by atoms with Gasteiger partial charge in [-0.15, -0.1) is 11.3 Å². The van der Waals surface area contributed by atoms with Gasteiger partial charge in [-0.3, -0.25) is 4.79 Å². The highest BCUT2D eigenvalue weighted by molar-refractivity contribution is 7.11. The lowest BCUT2D eigenvalue weighted by Gasteiger charge is -1.78. The highest BCUT2D eigenvalue weighted by atomic mass is 32.1. The van der Waals surface area contributed by atoms with E-state index in [9.17, 15) is 4.79 Å². The summed E-state index contributed by atoms with van der Waals surface area (Å²) in [6, 6.07) is 0. The molecular formula is C6H10N2O2S. The Morgan fingerprint density at radius 3 is 2.45 bits per heavy atom. The van der Waals surface area contributed by atoms with Crippen LogP contribution in [-0.2, 0) is 4.74 Å². The predicted octanol–water partition coefficient (Wildman–Crippen LogP) is 0.800. The number of nitrogens with two attached hydrogens (primary N) is 1. The number of anilines is 1. The summed E-state index contributed by atoms with van der Waals surface area (Å²) in [5.74, 6) is 0.324. The Kier molecular flexibility index (Phi) is 5.32. The van der Waals surface area contributed by atoms with E-state index in [1.807, 2.05) is 0 Å². The molecule has 0 saturated heterocycles. The molecule has 0 aliphatic carbocycles. The summed E-state index contributed by atoms with van der Waals surface area (Å²) in [6.45, 7) is 0. The average molecular weight is 174 g/mol. The second-order valence-electron chi connectivity index (χ2n) is 1.63. The molecule has 0 amide bonds. The number of methoxy groups -OCH3 is 1. The molecule has 0 saturated carbocycles. The van der Waals surface area contributed by atoms with Gasteiger partial charge in [0.25, 0.3) is 0 Å². The molecule has 0 atom stereocenters. The molecule has 0 aromatic carbocycles. The molecular weight excluding hydrogens is 164 g/mol. The van der Waals surface area contributed by atoms with Gasteiger partial charge in [-0.05, 0) is 0 Å². The van der Waals surface area contributed by atoms with Crippen LogP contribution >= 0.6 is 11.3 Å². The van der Waals surface area contributed by atoms with Gasteiger partial charge in [0, 0.05) is 14.2 Å². The fourth-order valence-electron chi connectivity index (χ4n) is 0.352. The molecule has 0 aliphatic rings. The maximum Gasteiger partial charge on any atom is 0.163 e. The zero-order valence-electron chi connectivity index (χ0n) is 6.40. The Hall–Kier alpha value is -0.940. The van der Waals surface area contributed by atoms with E-state index >= 15 is 0 Å². The first-order valence-corrected chi connectivity index (χ1v) is 3.68. The molecule has 0 radical (unpaired) electrons. The molecule has 4 nitrogen and oxygen atoms in total. The highest BCUT2D eigenvalue weighted by Gasteiger charge is 1.96. The first kappa shape index (κ1) is 10.1. The molecule has 1 aromatic heterocycles. The van der Waals surface area contributed by atoms with Crippen LogP contribution in [0.25, 0.3) is 0 Å². The second kappa shape index (κ2) is 5.82. The number of rotatable bonds is 1. The summed E-state index contributed by atoms with van der Waals surface area (Å²) in [5.41, 5.74) is 6.76. The van der Waals surface area contributed by atoms with Crippen molar-refractivity contribution in [2.75, 3.05) is 20.0 Å². The third-order valence-electron chi connectivity index (χ3n) is 0.731. The van der Waals surface area contributed by atoms with Crippen molar-refractivity contribution in [2.45, 2.75) is 0 Å². The largest absolute Gasteiger partial charge is 0.388 e. The standard InChI is InChI=1S/C4H4N2OS.C2H6O/c5-4-3(1-7)8-2-6-4;1-3-2/h1-2H,5H2;1-2H3. The second-order valence-corrected chi connectivity index (χ2v) is 2.51. The van der Waals surface area contributed by atoms with Crippen molar-refractivity contribution in [3.8, 4) is 0 Å². The number of aldehydes is 1. The van der Waals surface area contributed by atoms with Crippen LogP contribution in [0.3, 0.4) is 0 Å². The van der Waals surface area contributed by atoms with Gasteiger partial charge < -0.3 is 10.5 Å². The molecule has 11 heavy (non-hydrogen) atoms. The number of carbonyl (C=O) groups excluding carboxylic acids is 1. The number of nitrogens with zero attached hydrogens (tertiary/aromatic N) is 1. The van der Waals surface area contributed by atoms with Gasteiger partial charge in [-0.25, -0.2) is 4.98 Å². The number of nitrogen functional groups attached to an aromatic ring is 1. The Morgan fingerprint density at radius 2 is 2.27 bits per heavy atom. The van der Waals surface area contributed by atoms with Crippen molar-refractivity contribution in [3.05, 3.63) is 10.4 Å². The first-order chi connectivity index (χ1) is 5.26. The van der Waals surface area contributed by atoms with E-state index in [1.165, 1.54) is 11.3 Å². The molecule has 62 valence electrons. The summed E-state index contributed by atoms with van der Waals surface area (Å²) in [4.78, 5) is 14.1. The van der Waals surface area contributed by atoms with Crippen LogP contribution in [0.2, 0.25) is 0 Å². The number of ether oxygens (including phenoxy) is 1. The molecule has 0 aliphatic heterocycles. The molecule has 0 bridgehead atoms. The number of hydrogen-bond donors (Lipinski definition) is 1. The Bertz CT molecular complexity index is 212.